The van der Waals surface area contributed by atoms with Gasteiger partial charge >= 0.3 is 5.97 Å². The van der Waals surface area contributed by atoms with E-state index in [-0.39, 0.29) is 6.42 Å². The number of aliphatic carboxylic acids is 1. The van der Waals surface area contributed by atoms with E-state index < -0.39 is 5.97 Å². The van der Waals surface area contributed by atoms with Crippen LogP contribution in [0.25, 0.3) is 21.9 Å². The fourth-order valence-electron chi connectivity index (χ4n) is 2.27. The summed E-state index contributed by atoms with van der Waals surface area (Å²) in [6.07, 6.45) is 2.56. The average Bonchev–Trinajstić information content (AvgIpc) is 2.96. The molecule has 0 amide bonds. The van der Waals surface area contributed by atoms with E-state index in [0.717, 1.165) is 30.8 Å². The fourth-order valence-corrected chi connectivity index (χ4v) is 3.68. The van der Waals surface area contributed by atoms with Gasteiger partial charge in [-0.2, -0.15) is 0 Å². The van der Waals surface area contributed by atoms with Gasteiger partial charge in [0.15, 0.2) is 0 Å². The summed E-state index contributed by atoms with van der Waals surface area (Å²) in [5.41, 5.74) is 2.91. The predicted octanol–water partition coefficient (Wildman–Crippen LogP) is 5.46. The Labute approximate surface area is 146 Å². The van der Waals surface area contributed by atoms with Crippen LogP contribution in [-0.4, -0.2) is 16.1 Å². The van der Waals surface area contributed by atoms with Gasteiger partial charge in [0.05, 0.1) is 10.2 Å². The molecule has 0 radical (unpaired) electrons. The summed E-state index contributed by atoms with van der Waals surface area (Å²) in [7, 11) is 0. The molecule has 3 rings (SSSR count). The zero-order chi connectivity index (χ0) is 16.2. The van der Waals surface area contributed by atoms with Crippen molar-refractivity contribution < 1.29 is 9.90 Å². The molecule has 116 valence electrons. The van der Waals surface area contributed by atoms with Crippen molar-refractivity contribution in [1.29, 1.82) is 0 Å². The third kappa shape index (κ3) is 3.86. The lowest BCUT2D eigenvalue weighted by molar-refractivity contribution is -0.136. The summed E-state index contributed by atoms with van der Waals surface area (Å²) >= 11 is 5.13. The topological polar surface area (TPSA) is 50.2 Å². The molecule has 1 heterocycles. The second kappa shape index (κ2) is 7.06. The second-order valence-electron chi connectivity index (χ2n) is 5.07. The Morgan fingerprint density at radius 1 is 1.13 bits per heavy atom. The van der Waals surface area contributed by atoms with E-state index in [2.05, 4.69) is 20.9 Å². The van der Waals surface area contributed by atoms with E-state index in [9.17, 15) is 4.79 Å². The van der Waals surface area contributed by atoms with Crippen molar-refractivity contribution in [1.82, 2.24) is 4.98 Å². The normalized spacial score (nSPS) is 11.8. The minimum Gasteiger partial charge on any atom is -0.481 e. The molecule has 0 fully saturated rings. The number of rotatable bonds is 5. The zero-order valence-electron chi connectivity index (χ0n) is 12.2. The number of hydrogen-bond donors (Lipinski definition) is 1. The van der Waals surface area contributed by atoms with Crippen LogP contribution in [0.5, 0.6) is 0 Å². The fraction of sp³-hybridized carbons (Fsp3) is 0.111. The number of hydrogen-bond acceptors (Lipinski definition) is 3. The smallest absolute Gasteiger partial charge is 0.303 e. The van der Waals surface area contributed by atoms with Crippen LogP contribution in [0.3, 0.4) is 0 Å². The summed E-state index contributed by atoms with van der Waals surface area (Å²) in [6, 6.07) is 15.8. The Morgan fingerprint density at radius 3 is 2.61 bits per heavy atom. The molecule has 1 aromatic heterocycles. The number of nitrogens with zero attached hydrogens (tertiary/aromatic N) is 1. The number of benzene rings is 2. The molecule has 0 saturated carbocycles. The molecule has 23 heavy (non-hydrogen) atoms. The highest BCUT2D eigenvalue weighted by Gasteiger charge is 2.11. The molecule has 2 aromatic carbocycles. The minimum absolute atomic E-state index is 0.0895. The standard InChI is InChI=1S/C18H14BrNO2S/c19-14-6-2-1-5-12(14)11-13(9-10-17(21)22)18-20-15-7-3-4-8-16(15)23-18/h1-8,11H,9-10H2,(H,21,22)/b13-11-. The van der Waals surface area contributed by atoms with Gasteiger partial charge in [0, 0.05) is 10.9 Å². The number of halogens is 1. The van der Waals surface area contributed by atoms with Crippen molar-refractivity contribution in [2.45, 2.75) is 12.8 Å². The van der Waals surface area contributed by atoms with Gasteiger partial charge in [-0.25, -0.2) is 4.98 Å². The lowest BCUT2D eigenvalue weighted by Crippen LogP contribution is -1.95. The number of thiazole rings is 1. The van der Waals surface area contributed by atoms with Crippen molar-refractivity contribution >= 4 is 55.1 Å². The molecule has 0 aliphatic carbocycles. The Bertz CT molecular complexity index is 852. The van der Waals surface area contributed by atoms with Crippen LogP contribution in [0.4, 0.5) is 0 Å². The molecule has 5 heteroatoms. The molecular weight excluding hydrogens is 374 g/mol. The van der Waals surface area contributed by atoms with Crippen molar-refractivity contribution in [3.05, 3.63) is 63.6 Å². The molecule has 1 N–H and O–H groups in total. The molecule has 0 atom stereocenters. The third-order valence-electron chi connectivity index (χ3n) is 3.41. The zero-order valence-corrected chi connectivity index (χ0v) is 14.6. The Hall–Kier alpha value is -1.98. The molecule has 0 aliphatic rings. The Balaban J connectivity index is 2.04. The third-order valence-corrected chi connectivity index (χ3v) is 5.25. The summed E-state index contributed by atoms with van der Waals surface area (Å²) < 4.78 is 2.09. The first kappa shape index (κ1) is 15.9. The Morgan fingerprint density at radius 2 is 1.87 bits per heavy atom. The molecule has 3 nitrogen and oxygen atoms in total. The molecule has 0 saturated heterocycles. The van der Waals surface area contributed by atoms with E-state index in [4.69, 9.17) is 5.11 Å². The predicted molar refractivity (Wildman–Crippen MR) is 98.5 cm³/mol. The van der Waals surface area contributed by atoms with Crippen LogP contribution in [0.2, 0.25) is 0 Å². The highest BCUT2D eigenvalue weighted by Crippen LogP contribution is 2.32. The highest BCUT2D eigenvalue weighted by molar-refractivity contribution is 9.10. The van der Waals surface area contributed by atoms with Crippen LogP contribution >= 0.6 is 27.3 Å². The van der Waals surface area contributed by atoms with E-state index in [1.165, 1.54) is 0 Å². The maximum absolute atomic E-state index is 11.0. The van der Waals surface area contributed by atoms with Gasteiger partial charge in [0.1, 0.15) is 5.01 Å². The quantitative estimate of drug-likeness (QED) is 0.631. The molecule has 0 bridgehead atoms. The highest BCUT2D eigenvalue weighted by atomic mass is 79.9. The number of para-hydroxylation sites is 1. The van der Waals surface area contributed by atoms with Gasteiger partial charge in [-0.1, -0.05) is 46.3 Å². The lowest BCUT2D eigenvalue weighted by Gasteiger charge is -2.04. The van der Waals surface area contributed by atoms with Crippen LogP contribution in [-0.2, 0) is 4.79 Å². The number of fused-ring (bicyclic) bond motifs is 1. The van der Waals surface area contributed by atoms with Gasteiger partial charge in [-0.15, -0.1) is 11.3 Å². The molecule has 0 aliphatic heterocycles. The van der Waals surface area contributed by atoms with Crippen LogP contribution < -0.4 is 0 Å². The van der Waals surface area contributed by atoms with Gasteiger partial charge in [0.25, 0.3) is 0 Å². The summed E-state index contributed by atoms with van der Waals surface area (Å²) in [5.74, 6) is -0.802. The lowest BCUT2D eigenvalue weighted by atomic mass is 10.1. The van der Waals surface area contributed by atoms with Crippen LogP contribution in [0.15, 0.2) is 53.0 Å². The first-order chi connectivity index (χ1) is 11.1. The molecular formula is C18H14BrNO2S. The van der Waals surface area contributed by atoms with Crippen LogP contribution in [0, 0.1) is 0 Å². The molecule has 0 unspecified atom stereocenters. The molecule has 3 aromatic rings. The largest absolute Gasteiger partial charge is 0.481 e. The monoisotopic (exact) mass is 387 g/mol. The van der Waals surface area contributed by atoms with Gasteiger partial charge in [0.2, 0.25) is 0 Å². The van der Waals surface area contributed by atoms with Crippen LogP contribution in [0.1, 0.15) is 23.4 Å². The van der Waals surface area contributed by atoms with Gasteiger partial charge in [-0.05, 0) is 41.8 Å². The van der Waals surface area contributed by atoms with Gasteiger partial charge in [-0.3, -0.25) is 4.79 Å². The maximum atomic E-state index is 11.0. The Kier molecular flexibility index (Phi) is 4.88. The number of carbonyl (C=O) groups is 1. The number of allylic oxidation sites excluding steroid dienone is 1. The van der Waals surface area contributed by atoms with E-state index in [1.807, 2.05) is 54.6 Å². The summed E-state index contributed by atoms with van der Waals surface area (Å²) in [5, 5.41) is 9.89. The van der Waals surface area contributed by atoms with Crippen molar-refractivity contribution in [3.8, 4) is 0 Å². The van der Waals surface area contributed by atoms with Crippen molar-refractivity contribution in [2.24, 2.45) is 0 Å². The number of carboxylic acid groups (broad SMARTS) is 1. The minimum atomic E-state index is -0.802. The summed E-state index contributed by atoms with van der Waals surface area (Å²) in [6.45, 7) is 0. The van der Waals surface area contributed by atoms with Crippen molar-refractivity contribution in [3.63, 3.8) is 0 Å². The average molecular weight is 388 g/mol. The van der Waals surface area contributed by atoms with E-state index in [1.54, 1.807) is 11.3 Å². The van der Waals surface area contributed by atoms with E-state index >= 15 is 0 Å². The van der Waals surface area contributed by atoms with Gasteiger partial charge < -0.3 is 5.11 Å². The molecule has 0 spiro atoms. The maximum Gasteiger partial charge on any atom is 0.303 e. The van der Waals surface area contributed by atoms with E-state index in [0.29, 0.717) is 6.42 Å². The van der Waals surface area contributed by atoms with Crippen molar-refractivity contribution in [2.75, 3.05) is 0 Å². The SMILES string of the molecule is O=C(O)CC/C(=C/c1ccccc1Br)c1nc2ccccc2s1. The first-order valence-electron chi connectivity index (χ1n) is 7.16. The number of aromatic nitrogens is 1. The second-order valence-corrected chi connectivity index (χ2v) is 6.96. The summed E-state index contributed by atoms with van der Waals surface area (Å²) in [4.78, 5) is 15.6. The first-order valence-corrected chi connectivity index (χ1v) is 8.77. The number of carboxylic acids is 1.